The number of rotatable bonds is 8. The number of halogens is 3. The monoisotopic (exact) mass is 383 g/mol. The van der Waals surface area contributed by atoms with E-state index in [-0.39, 0.29) is 11.7 Å². The minimum Gasteiger partial charge on any atom is -0.435 e. The van der Waals surface area contributed by atoms with Gasteiger partial charge in [-0.1, -0.05) is 29.0 Å². The summed E-state index contributed by atoms with van der Waals surface area (Å²) in [6.45, 7) is -2.22. The van der Waals surface area contributed by atoms with Gasteiger partial charge < -0.3 is 10.1 Å². The zero-order valence-corrected chi connectivity index (χ0v) is 12.5. The summed E-state index contributed by atoms with van der Waals surface area (Å²) < 4.78 is 29.2. The van der Waals surface area contributed by atoms with Crippen LogP contribution in [0, 0.1) is 0 Å². The third-order valence-electron chi connectivity index (χ3n) is 2.44. The van der Waals surface area contributed by atoms with Gasteiger partial charge in [-0.2, -0.15) is 8.78 Å². The van der Waals surface area contributed by atoms with Gasteiger partial charge in [0.1, 0.15) is 5.75 Å². The van der Waals surface area contributed by atoms with Crippen LogP contribution in [0.2, 0.25) is 0 Å². The summed E-state index contributed by atoms with van der Waals surface area (Å²) in [5.74, 6) is -0.147. The number of hydrogen-bond acceptors (Lipinski definition) is 2. The lowest BCUT2D eigenvalue weighted by molar-refractivity contribution is -0.0498. The van der Waals surface area contributed by atoms with E-state index in [0.29, 0.717) is 12.1 Å². The van der Waals surface area contributed by atoms with Gasteiger partial charge in [0.05, 0.1) is 0 Å². The van der Waals surface area contributed by atoms with Crippen LogP contribution in [-0.2, 0) is 0 Å². The number of ether oxygens (including phenoxy) is 1. The summed E-state index contributed by atoms with van der Waals surface area (Å²) in [5, 5.41) is 2.79. The molecular formula is C13H16F2INO2. The second kappa shape index (κ2) is 9.06. The normalized spacial score (nSPS) is 10.5. The Balaban J connectivity index is 2.36. The predicted octanol–water partition coefficient (Wildman–Crippen LogP) is 3.62. The maximum atomic E-state index is 11.9. The Morgan fingerprint density at radius 2 is 1.89 bits per heavy atom. The van der Waals surface area contributed by atoms with Gasteiger partial charge in [0.2, 0.25) is 0 Å². The molecule has 1 N–H and O–H groups in total. The molecule has 0 fully saturated rings. The van der Waals surface area contributed by atoms with Crippen LogP contribution >= 0.6 is 22.6 Å². The summed E-state index contributed by atoms with van der Waals surface area (Å²) in [6.07, 6.45) is 3.18. The molecular weight excluding hydrogens is 367 g/mol. The second-order valence-electron chi connectivity index (χ2n) is 3.91. The number of carbonyl (C=O) groups is 1. The molecule has 0 aliphatic heterocycles. The van der Waals surface area contributed by atoms with E-state index in [2.05, 4.69) is 32.6 Å². The first kappa shape index (κ1) is 16.1. The lowest BCUT2D eigenvalue weighted by Gasteiger charge is -2.07. The Kier molecular flexibility index (Phi) is 7.69. The van der Waals surface area contributed by atoms with Crippen LogP contribution in [0.25, 0.3) is 0 Å². The maximum Gasteiger partial charge on any atom is 0.387 e. The smallest absolute Gasteiger partial charge is 0.387 e. The average Bonchev–Trinajstić information content (AvgIpc) is 2.38. The van der Waals surface area contributed by atoms with Gasteiger partial charge in [0, 0.05) is 12.1 Å². The first-order valence-electron chi connectivity index (χ1n) is 6.02. The molecule has 6 heteroatoms. The van der Waals surface area contributed by atoms with Gasteiger partial charge >= 0.3 is 6.61 Å². The summed E-state index contributed by atoms with van der Waals surface area (Å²) in [6, 6.07) is 5.66. The first-order chi connectivity index (χ1) is 9.13. The van der Waals surface area contributed by atoms with Crippen molar-refractivity contribution < 1.29 is 18.3 Å². The summed E-state index contributed by atoms with van der Waals surface area (Å²) in [5.41, 5.74) is 0.440. The van der Waals surface area contributed by atoms with E-state index in [0.717, 1.165) is 23.7 Å². The van der Waals surface area contributed by atoms with E-state index < -0.39 is 6.61 Å². The second-order valence-corrected chi connectivity index (χ2v) is 4.99. The number of unbranched alkanes of at least 4 members (excludes halogenated alkanes) is 2. The maximum absolute atomic E-state index is 11.9. The minimum atomic E-state index is -2.85. The predicted molar refractivity (Wildman–Crippen MR) is 78.1 cm³/mol. The molecule has 0 aliphatic carbocycles. The van der Waals surface area contributed by atoms with Gasteiger partial charge in [-0.3, -0.25) is 4.79 Å². The van der Waals surface area contributed by atoms with Gasteiger partial charge in [0.25, 0.3) is 5.91 Å². The fourth-order valence-corrected chi connectivity index (χ4v) is 2.03. The van der Waals surface area contributed by atoms with Crippen LogP contribution in [0.5, 0.6) is 5.75 Å². The molecule has 3 nitrogen and oxygen atoms in total. The highest BCUT2D eigenvalue weighted by Gasteiger charge is 2.07. The largest absolute Gasteiger partial charge is 0.435 e. The summed E-state index contributed by atoms with van der Waals surface area (Å²) >= 11 is 2.32. The van der Waals surface area contributed by atoms with Gasteiger partial charge in [-0.25, -0.2) is 0 Å². The Bertz CT molecular complexity index is 385. The van der Waals surface area contributed by atoms with Crippen LogP contribution in [0.4, 0.5) is 8.78 Å². The molecule has 0 spiro atoms. The highest BCUT2D eigenvalue weighted by molar-refractivity contribution is 14.1. The van der Waals surface area contributed by atoms with E-state index in [1.807, 2.05) is 0 Å². The zero-order chi connectivity index (χ0) is 14.1. The van der Waals surface area contributed by atoms with Crippen molar-refractivity contribution in [1.82, 2.24) is 5.32 Å². The molecule has 1 aromatic carbocycles. The topological polar surface area (TPSA) is 38.3 Å². The minimum absolute atomic E-state index is 0.0496. The molecule has 0 unspecified atom stereocenters. The molecule has 0 aromatic heterocycles. The highest BCUT2D eigenvalue weighted by atomic mass is 127. The molecule has 0 bridgehead atoms. The lowest BCUT2D eigenvalue weighted by Crippen LogP contribution is -2.24. The molecule has 0 heterocycles. The zero-order valence-electron chi connectivity index (χ0n) is 10.4. The van der Waals surface area contributed by atoms with Crippen LogP contribution < -0.4 is 10.1 Å². The van der Waals surface area contributed by atoms with Gasteiger partial charge in [-0.05, 0) is 41.5 Å². The molecule has 0 aliphatic rings. The van der Waals surface area contributed by atoms with Crippen molar-refractivity contribution in [2.24, 2.45) is 0 Å². The van der Waals surface area contributed by atoms with Crippen molar-refractivity contribution >= 4 is 28.5 Å². The first-order valence-corrected chi connectivity index (χ1v) is 7.55. The van der Waals surface area contributed by atoms with Gasteiger partial charge in [-0.15, -0.1) is 0 Å². The van der Waals surface area contributed by atoms with Crippen molar-refractivity contribution in [3.05, 3.63) is 29.8 Å². The summed E-state index contributed by atoms with van der Waals surface area (Å²) in [4.78, 5) is 11.7. The number of nitrogens with one attached hydrogen (secondary N) is 1. The van der Waals surface area contributed by atoms with E-state index in [1.54, 1.807) is 0 Å². The van der Waals surface area contributed by atoms with Crippen molar-refractivity contribution in [3.63, 3.8) is 0 Å². The van der Waals surface area contributed by atoms with Crippen molar-refractivity contribution in [1.29, 1.82) is 0 Å². The quantitative estimate of drug-likeness (QED) is 0.423. The number of amides is 1. The van der Waals surface area contributed by atoms with Crippen molar-refractivity contribution in [2.75, 3.05) is 11.0 Å². The standard InChI is InChI=1S/C13H16F2INO2/c14-13(15)19-11-6-4-10(5-7-11)12(18)17-9-3-1-2-8-16/h4-7,13H,1-3,8-9H2,(H,17,18). The molecule has 106 valence electrons. The molecule has 0 radical (unpaired) electrons. The SMILES string of the molecule is O=C(NCCCCCI)c1ccc(OC(F)F)cc1. The fraction of sp³-hybridized carbons (Fsp3) is 0.462. The molecule has 0 saturated carbocycles. The van der Waals surface area contributed by atoms with E-state index in [1.165, 1.54) is 24.3 Å². The number of benzene rings is 1. The molecule has 1 rings (SSSR count). The Labute approximate surface area is 124 Å². The van der Waals surface area contributed by atoms with E-state index in [4.69, 9.17) is 0 Å². The van der Waals surface area contributed by atoms with Gasteiger partial charge in [0.15, 0.2) is 0 Å². The molecule has 1 aromatic rings. The van der Waals surface area contributed by atoms with E-state index in [9.17, 15) is 13.6 Å². The van der Waals surface area contributed by atoms with Crippen LogP contribution in [0.1, 0.15) is 29.6 Å². The Hall–Kier alpha value is -0.920. The molecule has 0 atom stereocenters. The van der Waals surface area contributed by atoms with Crippen molar-refractivity contribution in [3.8, 4) is 5.75 Å². The lowest BCUT2D eigenvalue weighted by atomic mass is 10.2. The van der Waals surface area contributed by atoms with Crippen LogP contribution in [0.15, 0.2) is 24.3 Å². The molecule has 0 saturated heterocycles. The molecule has 19 heavy (non-hydrogen) atoms. The average molecular weight is 383 g/mol. The number of alkyl halides is 3. The fourth-order valence-electron chi connectivity index (χ4n) is 1.49. The number of carbonyl (C=O) groups excluding carboxylic acids is 1. The number of hydrogen-bond donors (Lipinski definition) is 1. The third-order valence-corrected chi connectivity index (χ3v) is 3.20. The Morgan fingerprint density at radius 3 is 2.47 bits per heavy atom. The third kappa shape index (κ3) is 6.70. The molecule has 1 amide bonds. The van der Waals surface area contributed by atoms with Crippen LogP contribution in [0.3, 0.4) is 0 Å². The van der Waals surface area contributed by atoms with Crippen molar-refractivity contribution in [2.45, 2.75) is 25.9 Å². The van der Waals surface area contributed by atoms with E-state index >= 15 is 0 Å². The summed E-state index contributed by atoms with van der Waals surface area (Å²) in [7, 11) is 0. The van der Waals surface area contributed by atoms with Crippen LogP contribution in [-0.4, -0.2) is 23.5 Å². The Morgan fingerprint density at radius 1 is 1.21 bits per heavy atom. The highest BCUT2D eigenvalue weighted by Crippen LogP contribution is 2.14.